The number of nitriles is 1. The molecule has 0 bridgehead atoms. The van der Waals surface area contributed by atoms with Gasteiger partial charge in [0.2, 0.25) is 0 Å². The van der Waals surface area contributed by atoms with Gasteiger partial charge in [0, 0.05) is 37.6 Å². The zero-order valence-electron chi connectivity index (χ0n) is 24.3. The zero-order chi connectivity index (χ0) is 28.9. The SMILES string of the molecule is CCN(CC)CCOCCOc1cc(Cc2nccc(-c3ccc(OC4CCOCC4)c(C#N)c3)n2)ccc1OC. The van der Waals surface area contributed by atoms with Crippen LogP contribution in [0, 0.1) is 11.3 Å². The Morgan fingerprint density at radius 1 is 0.976 bits per heavy atom. The highest BCUT2D eigenvalue weighted by molar-refractivity contribution is 5.64. The number of hydrogen-bond donors (Lipinski definition) is 0. The molecule has 1 aromatic heterocycles. The maximum atomic E-state index is 9.76. The molecular weight excluding hydrogens is 520 g/mol. The molecule has 1 aliphatic rings. The van der Waals surface area contributed by atoms with Crippen LogP contribution in [0.15, 0.2) is 48.7 Å². The van der Waals surface area contributed by atoms with Crippen LogP contribution in [0.4, 0.5) is 0 Å². The van der Waals surface area contributed by atoms with Gasteiger partial charge in [-0.15, -0.1) is 0 Å². The van der Waals surface area contributed by atoms with Crippen molar-refractivity contribution in [2.24, 2.45) is 0 Å². The third-order valence-electron chi connectivity index (χ3n) is 7.09. The Bertz CT molecular complexity index is 1290. The van der Waals surface area contributed by atoms with Gasteiger partial charge in [0.25, 0.3) is 0 Å². The Hall–Kier alpha value is -3.71. The summed E-state index contributed by atoms with van der Waals surface area (Å²) < 4.78 is 28.7. The molecule has 1 saturated heterocycles. The molecule has 2 heterocycles. The molecule has 9 heteroatoms. The molecule has 2 aromatic carbocycles. The molecule has 0 spiro atoms. The lowest BCUT2D eigenvalue weighted by Crippen LogP contribution is -2.27. The minimum atomic E-state index is 0.0656. The van der Waals surface area contributed by atoms with Crippen molar-refractivity contribution in [1.29, 1.82) is 5.26 Å². The van der Waals surface area contributed by atoms with E-state index in [9.17, 15) is 5.26 Å². The Kier molecular flexibility index (Phi) is 11.7. The first kappa shape index (κ1) is 30.3. The number of hydrogen-bond acceptors (Lipinski definition) is 9. The molecule has 0 aliphatic carbocycles. The van der Waals surface area contributed by atoms with E-state index < -0.39 is 0 Å². The fourth-order valence-electron chi connectivity index (χ4n) is 4.67. The number of benzene rings is 2. The second-order valence-corrected chi connectivity index (χ2v) is 9.76. The maximum absolute atomic E-state index is 9.76. The standard InChI is InChI=1S/C32H40N4O5/c1-4-36(5-2)14-17-39-18-19-40-31-20-24(6-8-30(31)37-3)21-32-34-13-10-28(35-32)25-7-9-29(26(22-25)23-33)41-27-11-15-38-16-12-27/h6-10,13,20,22,27H,4-5,11-12,14-19,21H2,1-3H3. The highest BCUT2D eigenvalue weighted by Crippen LogP contribution is 2.30. The Morgan fingerprint density at radius 2 is 1.78 bits per heavy atom. The van der Waals surface area contributed by atoms with E-state index in [1.54, 1.807) is 13.3 Å². The van der Waals surface area contributed by atoms with Gasteiger partial charge in [0.15, 0.2) is 11.5 Å². The summed E-state index contributed by atoms with van der Waals surface area (Å²) in [5, 5.41) is 9.76. The van der Waals surface area contributed by atoms with Crippen LogP contribution in [0.3, 0.4) is 0 Å². The number of rotatable bonds is 15. The van der Waals surface area contributed by atoms with Crippen LogP contribution in [0.25, 0.3) is 11.3 Å². The molecule has 0 saturated carbocycles. The van der Waals surface area contributed by atoms with Crippen molar-refractivity contribution >= 4 is 0 Å². The van der Waals surface area contributed by atoms with Gasteiger partial charge in [0.1, 0.15) is 30.4 Å². The molecule has 4 rings (SSSR count). The Morgan fingerprint density at radius 3 is 2.54 bits per heavy atom. The van der Waals surface area contributed by atoms with Gasteiger partial charge in [-0.1, -0.05) is 19.9 Å². The van der Waals surface area contributed by atoms with Crippen molar-refractivity contribution in [3.8, 4) is 34.6 Å². The van der Waals surface area contributed by atoms with E-state index in [1.807, 2.05) is 42.5 Å². The van der Waals surface area contributed by atoms with Gasteiger partial charge in [-0.25, -0.2) is 9.97 Å². The molecule has 1 aliphatic heterocycles. The van der Waals surface area contributed by atoms with Crippen LogP contribution in [0.1, 0.15) is 43.6 Å². The molecule has 0 N–H and O–H groups in total. The van der Waals surface area contributed by atoms with Gasteiger partial charge < -0.3 is 28.6 Å². The van der Waals surface area contributed by atoms with Crippen molar-refractivity contribution < 1.29 is 23.7 Å². The molecule has 1 fully saturated rings. The van der Waals surface area contributed by atoms with Crippen molar-refractivity contribution in [3.05, 3.63) is 65.6 Å². The third-order valence-corrected chi connectivity index (χ3v) is 7.09. The van der Waals surface area contributed by atoms with E-state index in [1.165, 1.54) is 0 Å². The quantitative estimate of drug-likeness (QED) is 0.240. The summed E-state index contributed by atoms with van der Waals surface area (Å²) in [4.78, 5) is 11.6. The first-order valence-electron chi connectivity index (χ1n) is 14.3. The van der Waals surface area contributed by atoms with Crippen LogP contribution >= 0.6 is 0 Å². The van der Waals surface area contributed by atoms with Crippen molar-refractivity contribution in [2.75, 3.05) is 59.8 Å². The van der Waals surface area contributed by atoms with E-state index in [-0.39, 0.29) is 6.10 Å². The predicted octanol–water partition coefficient (Wildman–Crippen LogP) is 4.91. The second kappa shape index (κ2) is 15.9. The predicted molar refractivity (Wildman–Crippen MR) is 157 cm³/mol. The van der Waals surface area contributed by atoms with E-state index in [0.29, 0.717) is 68.1 Å². The third kappa shape index (κ3) is 8.89. The Labute approximate surface area is 243 Å². The van der Waals surface area contributed by atoms with Gasteiger partial charge in [-0.2, -0.15) is 5.26 Å². The summed E-state index contributed by atoms with van der Waals surface area (Å²) in [7, 11) is 1.63. The normalized spacial score (nSPS) is 13.6. The monoisotopic (exact) mass is 560 g/mol. The first-order valence-corrected chi connectivity index (χ1v) is 14.3. The summed E-state index contributed by atoms with van der Waals surface area (Å²) in [6.45, 7) is 10.2. The minimum Gasteiger partial charge on any atom is -0.493 e. The maximum Gasteiger partial charge on any atom is 0.161 e. The molecule has 0 unspecified atom stereocenters. The van der Waals surface area contributed by atoms with Gasteiger partial charge in [-0.05, 0) is 55.1 Å². The largest absolute Gasteiger partial charge is 0.493 e. The summed E-state index contributed by atoms with van der Waals surface area (Å²) in [6, 6.07) is 15.6. The van der Waals surface area contributed by atoms with Crippen molar-refractivity contribution in [2.45, 2.75) is 39.2 Å². The van der Waals surface area contributed by atoms with Gasteiger partial charge >= 0.3 is 0 Å². The topological polar surface area (TPSA) is 99.0 Å². The van der Waals surface area contributed by atoms with Gasteiger partial charge in [0.05, 0.1) is 44.8 Å². The molecule has 9 nitrogen and oxygen atoms in total. The van der Waals surface area contributed by atoms with Crippen LogP contribution in [0.5, 0.6) is 17.2 Å². The number of ether oxygens (including phenoxy) is 5. The van der Waals surface area contributed by atoms with Crippen LogP contribution in [-0.2, 0) is 15.9 Å². The zero-order valence-corrected chi connectivity index (χ0v) is 24.3. The smallest absolute Gasteiger partial charge is 0.161 e. The highest BCUT2D eigenvalue weighted by atomic mass is 16.5. The highest BCUT2D eigenvalue weighted by Gasteiger charge is 2.18. The lowest BCUT2D eigenvalue weighted by Gasteiger charge is -2.23. The molecule has 0 atom stereocenters. The first-order chi connectivity index (χ1) is 20.1. The summed E-state index contributed by atoms with van der Waals surface area (Å²) in [5.74, 6) is 2.59. The van der Waals surface area contributed by atoms with Crippen molar-refractivity contribution in [3.63, 3.8) is 0 Å². The van der Waals surface area contributed by atoms with E-state index in [2.05, 4.69) is 29.8 Å². The average Bonchev–Trinajstić information content (AvgIpc) is 3.01. The van der Waals surface area contributed by atoms with Crippen LogP contribution in [0.2, 0.25) is 0 Å². The van der Waals surface area contributed by atoms with E-state index >= 15 is 0 Å². The fraction of sp³-hybridized carbons (Fsp3) is 0.469. The van der Waals surface area contributed by atoms with E-state index in [4.69, 9.17) is 28.7 Å². The number of likely N-dealkylation sites (N-methyl/N-ethyl adjacent to an activating group) is 1. The lowest BCUT2D eigenvalue weighted by molar-refractivity contribution is 0.0254. The fourth-order valence-corrected chi connectivity index (χ4v) is 4.67. The molecule has 41 heavy (non-hydrogen) atoms. The molecule has 0 amide bonds. The molecule has 3 aromatic rings. The number of aromatic nitrogens is 2. The van der Waals surface area contributed by atoms with Gasteiger partial charge in [-0.3, -0.25) is 0 Å². The van der Waals surface area contributed by atoms with Crippen LogP contribution in [-0.4, -0.2) is 80.8 Å². The minimum absolute atomic E-state index is 0.0656. The summed E-state index contributed by atoms with van der Waals surface area (Å²) in [6.07, 6.45) is 3.97. The Balaban J connectivity index is 1.38. The number of methoxy groups -OCH3 is 1. The average molecular weight is 561 g/mol. The van der Waals surface area contributed by atoms with Crippen molar-refractivity contribution in [1.82, 2.24) is 14.9 Å². The molecule has 218 valence electrons. The summed E-state index contributed by atoms with van der Waals surface area (Å²) in [5.41, 5.74) is 3.07. The van der Waals surface area contributed by atoms with E-state index in [0.717, 1.165) is 49.3 Å². The van der Waals surface area contributed by atoms with Crippen LogP contribution < -0.4 is 14.2 Å². The molecular formula is C32H40N4O5. The second-order valence-electron chi connectivity index (χ2n) is 9.76. The summed E-state index contributed by atoms with van der Waals surface area (Å²) >= 11 is 0. The molecule has 0 radical (unpaired) electrons. The number of nitrogens with zero attached hydrogens (tertiary/aromatic N) is 4. The lowest BCUT2D eigenvalue weighted by atomic mass is 10.1.